The van der Waals surface area contributed by atoms with E-state index in [-0.39, 0.29) is 18.5 Å². The van der Waals surface area contributed by atoms with E-state index in [2.05, 4.69) is 17.6 Å². The van der Waals surface area contributed by atoms with E-state index < -0.39 is 17.5 Å². The van der Waals surface area contributed by atoms with Gasteiger partial charge in [-0.2, -0.15) is 0 Å². The molecule has 2 rings (SSSR count). The Morgan fingerprint density at radius 1 is 1.26 bits per heavy atom. The summed E-state index contributed by atoms with van der Waals surface area (Å²) in [6, 6.07) is 6.37. The van der Waals surface area contributed by atoms with E-state index >= 15 is 0 Å². The van der Waals surface area contributed by atoms with Crippen molar-refractivity contribution < 1.29 is 19.1 Å². The third-order valence-electron chi connectivity index (χ3n) is 4.89. The first-order chi connectivity index (χ1) is 12.8. The number of amides is 4. The Labute approximate surface area is 160 Å². The molecule has 7 nitrogen and oxygen atoms in total. The van der Waals surface area contributed by atoms with Crippen LogP contribution in [0.3, 0.4) is 0 Å². The number of imide groups is 1. The van der Waals surface area contributed by atoms with E-state index in [1.807, 2.05) is 6.92 Å². The van der Waals surface area contributed by atoms with E-state index in [1.165, 1.54) is 0 Å². The maximum atomic E-state index is 12.9. The average molecular weight is 375 g/mol. The number of carbonyl (C=O) groups is 3. The lowest BCUT2D eigenvalue weighted by molar-refractivity contribution is -0.135. The summed E-state index contributed by atoms with van der Waals surface area (Å²) >= 11 is 0. The molecule has 7 heteroatoms. The molecule has 0 saturated carbocycles. The molecule has 1 heterocycles. The maximum absolute atomic E-state index is 12.9. The van der Waals surface area contributed by atoms with Crippen molar-refractivity contribution >= 4 is 17.8 Å². The molecule has 148 valence electrons. The molecule has 1 aromatic rings. The van der Waals surface area contributed by atoms with Gasteiger partial charge in [0.05, 0.1) is 7.11 Å². The van der Waals surface area contributed by atoms with Crippen molar-refractivity contribution in [1.29, 1.82) is 0 Å². The van der Waals surface area contributed by atoms with Gasteiger partial charge in [0.1, 0.15) is 17.8 Å². The second-order valence-electron chi connectivity index (χ2n) is 7.14. The second-order valence-corrected chi connectivity index (χ2v) is 7.14. The molecule has 0 radical (unpaired) electrons. The molecular formula is C20H29N3O4. The molecule has 2 atom stereocenters. The van der Waals surface area contributed by atoms with Crippen molar-refractivity contribution in [1.82, 2.24) is 15.5 Å². The Morgan fingerprint density at radius 3 is 2.52 bits per heavy atom. The van der Waals surface area contributed by atoms with Crippen LogP contribution in [0, 0.1) is 0 Å². The summed E-state index contributed by atoms with van der Waals surface area (Å²) in [6.07, 6.45) is 4.15. The maximum Gasteiger partial charge on any atom is 0.325 e. The number of methoxy groups -OCH3 is 1. The zero-order chi connectivity index (χ0) is 20.0. The van der Waals surface area contributed by atoms with Crippen molar-refractivity contribution in [2.24, 2.45) is 0 Å². The zero-order valence-electron chi connectivity index (χ0n) is 16.5. The molecule has 1 aliphatic rings. The Morgan fingerprint density at radius 2 is 1.93 bits per heavy atom. The quantitative estimate of drug-likeness (QED) is 0.513. The SMILES string of the molecule is CCCCC[C@@H](C)NC(=O)CN1C(=O)N[C@](C)(c2ccc(OC)cc2)C1=O. The highest BCUT2D eigenvalue weighted by Gasteiger charge is 2.49. The summed E-state index contributed by atoms with van der Waals surface area (Å²) in [5, 5.41) is 5.56. The topological polar surface area (TPSA) is 87.7 Å². The van der Waals surface area contributed by atoms with Crippen LogP contribution in [0.25, 0.3) is 0 Å². The fourth-order valence-corrected chi connectivity index (χ4v) is 3.20. The lowest BCUT2D eigenvalue weighted by Crippen LogP contribution is -2.45. The van der Waals surface area contributed by atoms with Gasteiger partial charge in [0.2, 0.25) is 5.91 Å². The first-order valence-corrected chi connectivity index (χ1v) is 9.39. The van der Waals surface area contributed by atoms with Crippen LogP contribution in [-0.2, 0) is 15.1 Å². The van der Waals surface area contributed by atoms with E-state index in [1.54, 1.807) is 38.3 Å². The van der Waals surface area contributed by atoms with Crippen LogP contribution in [0.4, 0.5) is 4.79 Å². The highest BCUT2D eigenvalue weighted by Crippen LogP contribution is 2.29. The summed E-state index contributed by atoms with van der Waals surface area (Å²) in [5.41, 5.74) is -0.561. The van der Waals surface area contributed by atoms with E-state index in [0.717, 1.165) is 30.6 Å². The monoisotopic (exact) mass is 375 g/mol. The molecule has 0 bridgehead atoms. The lowest BCUT2D eigenvalue weighted by Gasteiger charge is -2.22. The number of unbranched alkanes of at least 4 members (excludes halogenated alkanes) is 2. The minimum Gasteiger partial charge on any atom is -0.497 e. The third-order valence-corrected chi connectivity index (χ3v) is 4.89. The van der Waals surface area contributed by atoms with Gasteiger partial charge >= 0.3 is 6.03 Å². The molecule has 1 aliphatic heterocycles. The van der Waals surface area contributed by atoms with Crippen LogP contribution in [0.1, 0.15) is 52.0 Å². The predicted molar refractivity (Wildman–Crippen MR) is 102 cm³/mol. The molecule has 1 aromatic carbocycles. The molecule has 4 amide bonds. The number of nitrogens with one attached hydrogen (secondary N) is 2. The number of rotatable bonds is 9. The van der Waals surface area contributed by atoms with Crippen LogP contribution in [0.5, 0.6) is 5.75 Å². The highest BCUT2D eigenvalue weighted by atomic mass is 16.5. The molecule has 1 fully saturated rings. The van der Waals surface area contributed by atoms with Gasteiger partial charge in [0.15, 0.2) is 0 Å². The number of carbonyl (C=O) groups excluding carboxylic acids is 3. The number of hydrogen-bond acceptors (Lipinski definition) is 4. The molecule has 27 heavy (non-hydrogen) atoms. The van der Waals surface area contributed by atoms with Gasteiger partial charge in [0.25, 0.3) is 5.91 Å². The van der Waals surface area contributed by atoms with Crippen LogP contribution in [-0.4, -0.2) is 42.4 Å². The third kappa shape index (κ3) is 4.78. The smallest absolute Gasteiger partial charge is 0.325 e. The molecule has 0 spiro atoms. The van der Waals surface area contributed by atoms with E-state index in [0.29, 0.717) is 11.3 Å². The second kappa shape index (κ2) is 8.88. The van der Waals surface area contributed by atoms with Crippen molar-refractivity contribution in [2.45, 2.75) is 58.0 Å². The number of ether oxygens (including phenoxy) is 1. The number of urea groups is 1. The van der Waals surface area contributed by atoms with Crippen LogP contribution in [0.15, 0.2) is 24.3 Å². The summed E-state index contributed by atoms with van der Waals surface area (Å²) in [4.78, 5) is 38.4. The number of benzene rings is 1. The zero-order valence-corrected chi connectivity index (χ0v) is 16.5. The van der Waals surface area contributed by atoms with E-state index in [9.17, 15) is 14.4 Å². The Bertz CT molecular complexity index is 689. The summed E-state index contributed by atoms with van der Waals surface area (Å²) in [6.45, 7) is 5.41. The largest absolute Gasteiger partial charge is 0.497 e. The molecule has 0 unspecified atom stereocenters. The Kier molecular flexibility index (Phi) is 6.82. The summed E-state index contributed by atoms with van der Waals surface area (Å²) in [5.74, 6) is -0.111. The first-order valence-electron chi connectivity index (χ1n) is 9.39. The standard InChI is InChI=1S/C20H29N3O4/c1-5-6-7-8-14(2)21-17(24)13-23-18(25)20(3,22-19(23)26)15-9-11-16(27-4)12-10-15/h9-12,14H,5-8,13H2,1-4H3,(H,21,24)(H,22,26)/t14-,20-/m1/s1. The van der Waals surface area contributed by atoms with Crippen molar-refractivity contribution in [2.75, 3.05) is 13.7 Å². The van der Waals surface area contributed by atoms with Crippen LogP contribution < -0.4 is 15.4 Å². The minimum atomic E-state index is -1.20. The Hall–Kier alpha value is -2.57. The summed E-state index contributed by atoms with van der Waals surface area (Å²) in [7, 11) is 1.56. The summed E-state index contributed by atoms with van der Waals surface area (Å²) < 4.78 is 5.12. The molecule has 2 N–H and O–H groups in total. The van der Waals surface area contributed by atoms with Gasteiger partial charge in [-0.25, -0.2) is 4.79 Å². The van der Waals surface area contributed by atoms with Gasteiger partial charge in [-0.05, 0) is 38.0 Å². The predicted octanol–water partition coefficient (Wildman–Crippen LogP) is 2.55. The molecule has 1 saturated heterocycles. The minimum absolute atomic E-state index is 0.0118. The molecule has 0 aliphatic carbocycles. The van der Waals surface area contributed by atoms with E-state index in [4.69, 9.17) is 4.74 Å². The van der Waals surface area contributed by atoms with Gasteiger partial charge in [0, 0.05) is 6.04 Å². The number of nitrogens with zero attached hydrogens (tertiary/aromatic N) is 1. The van der Waals surface area contributed by atoms with Gasteiger partial charge in [-0.15, -0.1) is 0 Å². The fraction of sp³-hybridized carbons (Fsp3) is 0.550. The van der Waals surface area contributed by atoms with Crippen molar-refractivity contribution in [3.05, 3.63) is 29.8 Å². The molecular weight excluding hydrogens is 346 g/mol. The normalized spacial score (nSPS) is 20.4. The van der Waals surface area contributed by atoms with Gasteiger partial charge in [-0.1, -0.05) is 38.3 Å². The van der Waals surface area contributed by atoms with Crippen molar-refractivity contribution in [3.63, 3.8) is 0 Å². The Balaban J connectivity index is 2.01. The fourth-order valence-electron chi connectivity index (χ4n) is 3.20. The van der Waals surface area contributed by atoms with Gasteiger partial charge < -0.3 is 15.4 Å². The molecule has 0 aromatic heterocycles. The number of hydrogen-bond donors (Lipinski definition) is 2. The van der Waals surface area contributed by atoms with Gasteiger partial charge in [-0.3, -0.25) is 14.5 Å². The lowest BCUT2D eigenvalue weighted by atomic mass is 9.92. The average Bonchev–Trinajstić information content (AvgIpc) is 2.86. The highest BCUT2D eigenvalue weighted by molar-refractivity contribution is 6.09. The van der Waals surface area contributed by atoms with Crippen LogP contribution >= 0.6 is 0 Å². The van der Waals surface area contributed by atoms with Crippen LogP contribution in [0.2, 0.25) is 0 Å². The first kappa shape index (κ1) is 20.7. The van der Waals surface area contributed by atoms with Crippen molar-refractivity contribution in [3.8, 4) is 5.75 Å².